The number of aryl methyl sites for hydroxylation is 1. The van der Waals surface area contributed by atoms with E-state index in [0.717, 1.165) is 25.3 Å². The molecule has 16 heavy (non-hydrogen) atoms. The van der Waals surface area contributed by atoms with Crippen molar-refractivity contribution in [1.82, 2.24) is 5.32 Å². The molecule has 0 spiro atoms. The molecule has 3 heteroatoms. The van der Waals surface area contributed by atoms with Gasteiger partial charge >= 0.3 is 0 Å². The summed E-state index contributed by atoms with van der Waals surface area (Å²) in [6.45, 7) is 6.25. The summed E-state index contributed by atoms with van der Waals surface area (Å²) in [7, 11) is 0. The largest absolute Gasteiger partial charge is 0.468 e. The predicted molar refractivity (Wildman–Crippen MR) is 65.3 cm³/mol. The van der Waals surface area contributed by atoms with Gasteiger partial charge in [0, 0.05) is 6.61 Å². The maximum absolute atomic E-state index is 8.94. The number of hydrogen-bond acceptors (Lipinski definition) is 3. The highest BCUT2D eigenvalue weighted by Crippen LogP contribution is 2.11. The third-order valence-electron chi connectivity index (χ3n) is 2.92. The Labute approximate surface area is 97.9 Å². The molecule has 1 heterocycles. The molecule has 0 radical (unpaired) electrons. The summed E-state index contributed by atoms with van der Waals surface area (Å²) >= 11 is 0. The van der Waals surface area contributed by atoms with Crippen LogP contribution < -0.4 is 5.32 Å². The van der Waals surface area contributed by atoms with Crippen LogP contribution in [0.1, 0.15) is 37.5 Å². The van der Waals surface area contributed by atoms with E-state index in [1.54, 1.807) is 6.26 Å². The average Bonchev–Trinajstić information content (AvgIpc) is 2.65. The van der Waals surface area contributed by atoms with Gasteiger partial charge in [-0.3, -0.25) is 0 Å². The first-order valence-electron chi connectivity index (χ1n) is 6.12. The maximum Gasteiger partial charge on any atom is 0.120 e. The lowest BCUT2D eigenvalue weighted by Gasteiger charge is -2.15. The van der Waals surface area contributed by atoms with Crippen molar-refractivity contribution >= 4 is 0 Å². The van der Waals surface area contributed by atoms with Gasteiger partial charge in [-0.25, -0.2) is 0 Å². The van der Waals surface area contributed by atoms with Crippen molar-refractivity contribution < 1.29 is 9.52 Å². The van der Waals surface area contributed by atoms with Crippen molar-refractivity contribution in [3.63, 3.8) is 0 Å². The molecule has 0 aliphatic heterocycles. The average molecular weight is 225 g/mol. The third kappa shape index (κ3) is 4.37. The molecule has 0 saturated carbocycles. The van der Waals surface area contributed by atoms with Gasteiger partial charge in [0.2, 0.25) is 0 Å². The monoisotopic (exact) mass is 225 g/mol. The Morgan fingerprint density at radius 3 is 2.81 bits per heavy atom. The van der Waals surface area contributed by atoms with Gasteiger partial charge in [-0.05, 0) is 43.9 Å². The molecule has 0 aliphatic carbocycles. The maximum atomic E-state index is 8.94. The fourth-order valence-electron chi connectivity index (χ4n) is 1.91. The molecule has 0 aliphatic rings. The fraction of sp³-hybridized carbons (Fsp3) is 0.692. The van der Waals surface area contributed by atoms with Gasteiger partial charge in [0.15, 0.2) is 0 Å². The Morgan fingerprint density at radius 2 is 2.25 bits per heavy atom. The van der Waals surface area contributed by atoms with E-state index in [9.17, 15) is 0 Å². The molecule has 2 N–H and O–H groups in total. The first-order chi connectivity index (χ1) is 7.77. The van der Waals surface area contributed by atoms with Gasteiger partial charge < -0.3 is 14.8 Å². The van der Waals surface area contributed by atoms with Crippen LogP contribution in [0, 0.1) is 12.8 Å². The second-order valence-corrected chi connectivity index (χ2v) is 4.32. The van der Waals surface area contributed by atoms with Gasteiger partial charge in [0.1, 0.15) is 5.76 Å². The Bertz CT molecular complexity index is 277. The van der Waals surface area contributed by atoms with Gasteiger partial charge in [-0.1, -0.05) is 13.3 Å². The van der Waals surface area contributed by atoms with Crippen LogP contribution in [0.3, 0.4) is 0 Å². The van der Waals surface area contributed by atoms with Gasteiger partial charge in [-0.15, -0.1) is 0 Å². The zero-order valence-electron chi connectivity index (χ0n) is 10.3. The molecule has 3 nitrogen and oxygen atoms in total. The van der Waals surface area contributed by atoms with Crippen molar-refractivity contribution in [3.8, 4) is 0 Å². The molecule has 92 valence electrons. The lowest BCUT2D eigenvalue weighted by Crippen LogP contribution is -2.23. The highest BCUT2D eigenvalue weighted by Gasteiger charge is 2.07. The van der Waals surface area contributed by atoms with E-state index < -0.39 is 0 Å². The second kappa shape index (κ2) is 7.47. The second-order valence-electron chi connectivity index (χ2n) is 4.32. The zero-order chi connectivity index (χ0) is 11.8. The first kappa shape index (κ1) is 13.3. The van der Waals surface area contributed by atoms with Gasteiger partial charge in [0.05, 0.1) is 12.8 Å². The quantitative estimate of drug-likeness (QED) is 0.714. The van der Waals surface area contributed by atoms with Gasteiger partial charge in [0.25, 0.3) is 0 Å². The van der Waals surface area contributed by atoms with E-state index in [2.05, 4.69) is 19.2 Å². The number of hydrogen-bond donors (Lipinski definition) is 2. The number of furan rings is 1. The molecule has 0 amide bonds. The molecule has 1 aromatic heterocycles. The number of aliphatic hydroxyl groups excluding tert-OH is 1. The van der Waals surface area contributed by atoms with Crippen molar-refractivity contribution in [2.45, 2.75) is 39.7 Å². The first-order valence-corrected chi connectivity index (χ1v) is 6.12. The molecule has 0 bridgehead atoms. The highest BCUT2D eigenvalue weighted by atomic mass is 16.3. The summed E-state index contributed by atoms with van der Waals surface area (Å²) < 4.78 is 5.35. The topological polar surface area (TPSA) is 45.4 Å². The Balaban J connectivity index is 2.24. The molecular weight excluding hydrogens is 202 g/mol. The van der Waals surface area contributed by atoms with Crippen molar-refractivity contribution in [3.05, 3.63) is 23.7 Å². The van der Waals surface area contributed by atoms with E-state index in [4.69, 9.17) is 9.52 Å². The zero-order valence-corrected chi connectivity index (χ0v) is 10.3. The van der Waals surface area contributed by atoms with Gasteiger partial charge in [-0.2, -0.15) is 0 Å². The van der Waals surface area contributed by atoms with Crippen LogP contribution in [0.2, 0.25) is 0 Å². The normalized spacial score (nSPS) is 12.9. The molecule has 0 saturated heterocycles. The molecule has 0 fully saturated rings. The summed E-state index contributed by atoms with van der Waals surface area (Å²) in [6, 6.07) is 1.98. The summed E-state index contributed by atoms with van der Waals surface area (Å²) in [5.41, 5.74) is 1.20. The molecule has 1 rings (SSSR count). The van der Waals surface area contributed by atoms with Crippen LogP contribution in [-0.4, -0.2) is 18.3 Å². The lowest BCUT2D eigenvalue weighted by atomic mass is 10.0. The standard InChI is InChI=1S/C13H23NO2/c1-3-4-12(5-7-15)9-14-10-13-11(2)6-8-16-13/h6,8,12,14-15H,3-5,7,9-10H2,1-2H3. The molecular formula is C13H23NO2. The van der Waals surface area contributed by atoms with Crippen LogP contribution in [0.15, 0.2) is 16.7 Å². The summed E-state index contributed by atoms with van der Waals surface area (Å²) in [5.74, 6) is 1.59. The predicted octanol–water partition coefficient (Wildman–Crippen LogP) is 2.48. The third-order valence-corrected chi connectivity index (χ3v) is 2.92. The summed E-state index contributed by atoms with van der Waals surface area (Å²) in [4.78, 5) is 0. The van der Waals surface area contributed by atoms with E-state index in [1.165, 1.54) is 18.4 Å². The highest BCUT2D eigenvalue weighted by molar-refractivity contribution is 5.13. The SMILES string of the molecule is CCCC(CCO)CNCc1occc1C. The van der Waals surface area contributed by atoms with Crippen LogP contribution in [0.4, 0.5) is 0 Å². The van der Waals surface area contributed by atoms with Crippen molar-refractivity contribution in [1.29, 1.82) is 0 Å². The number of nitrogens with one attached hydrogen (secondary N) is 1. The summed E-state index contributed by atoms with van der Waals surface area (Å²) in [5, 5.41) is 12.3. The van der Waals surface area contributed by atoms with Crippen LogP contribution in [-0.2, 0) is 6.54 Å². The Hall–Kier alpha value is -0.800. The van der Waals surface area contributed by atoms with Crippen molar-refractivity contribution in [2.24, 2.45) is 5.92 Å². The smallest absolute Gasteiger partial charge is 0.120 e. The Morgan fingerprint density at radius 1 is 1.44 bits per heavy atom. The molecule has 1 unspecified atom stereocenters. The van der Waals surface area contributed by atoms with Crippen LogP contribution in [0.25, 0.3) is 0 Å². The molecule has 1 aromatic rings. The molecule has 0 aromatic carbocycles. The van der Waals surface area contributed by atoms with E-state index in [0.29, 0.717) is 5.92 Å². The molecule has 1 atom stereocenters. The minimum absolute atomic E-state index is 0.284. The van der Waals surface area contributed by atoms with Crippen LogP contribution in [0.5, 0.6) is 0 Å². The van der Waals surface area contributed by atoms with E-state index in [1.807, 2.05) is 6.07 Å². The van der Waals surface area contributed by atoms with Crippen LogP contribution >= 0.6 is 0 Å². The fourth-order valence-corrected chi connectivity index (χ4v) is 1.91. The number of rotatable bonds is 8. The van der Waals surface area contributed by atoms with E-state index >= 15 is 0 Å². The lowest BCUT2D eigenvalue weighted by molar-refractivity contribution is 0.247. The number of aliphatic hydroxyl groups is 1. The van der Waals surface area contributed by atoms with Crippen molar-refractivity contribution in [2.75, 3.05) is 13.2 Å². The summed E-state index contributed by atoms with van der Waals surface area (Å²) in [6.07, 6.45) is 4.96. The Kier molecular flexibility index (Phi) is 6.19. The minimum Gasteiger partial charge on any atom is -0.468 e. The minimum atomic E-state index is 0.284. The van der Waals surface area contributed by atoms with E-state index in [-0.39, 0.29) is 6.61 Å².